The smallest absolute Gasteiger partial charge is 0.00111 e. The molecule has 0 fully saturated rings. The minimum absolute atomic E-state index is 1.27. The molecule has 0 amide bonds. The fourth-order valence-electron chi connectivity index (χ4n) is 7.07. The Balaban J connectivity index is 1.94. The molecule has 0 aliphatic carbocycles. The van der Waals surface area contributed by atoms with Gasteiger partial charge in [-0.2, -0.15) is 0 Å². The Hall–Kier alpha value is -4.42. The van der Waals surface area contributed by atoms with Gasteiger partial charge in [0.25, 0.3) is 0 Å². The summed E-state index contributed by atoms with van der Waals surface area (Å²) in [5.74, 6) is 0. The van der Waals surface area contributed by atoms with Crippen molar-refractivity contribution in [1.29, 1.82) is 0 Å². The lowest BCUT2D eigenvalue weighted by Crippen LogP contribution is -1.99. The van der Waals surface area contributed by atoms with Gasteiger partial charge in [-0.05, 0) is 129 Å². The molecule has 194 valence electrons. The van der Waals surface area contributed by atoms with Crippen molar-refractivity contribution >= 4 is 43.1 Å². The van der Waals surface area contributed by atoms with E-state index in [4.69, 9.17) is 0 Å². The van der Waals surface area contributed by atoms with Crippen LogP contribution in [0, 0.1) is 41.5 Å². The zero-order chi connectivity index (χ0) is 27.7. The van der Waals surface area contributed by atoms with Crippen molar-refractivity contribution in [2.45, 2.75) is 41.5 Å². The Bertz CT molecular complexity index is 2010. The number of aryl methyl sites for hydroxylation is 6. The molecule has 0 N–H and O–H groups in total. The highest BCUT2D eigenvalue weighted by atomic mass is 14.3. The molecule has 0 bridgehead atoms. The summed E-state index contributed by atoms with van der Waals surface area (Å²) < 4.78 is 0. The van der Waals surface area contributed by atoms with E-state index in [2.05, 4.69) is 139 Å². The van der Waals surface area contributed by atoms with Crippen molar-refractivity contribution in [2.24, 2.45) is 0 Å². The van der Waals surface area contributed by atoms with Gasteiger partial charge in [-0.25, -0.2) is 0 Å². The van der Waals surface area contributed by atoms with E-state index in [1.807, 2.05) is 0 Å². The summed E-state index contributed by atoms with van der Waals surface area (Å²) in [6, 6.07) is 36.5. The maximum atomic E-state index is 2.40. The predicted octanol–water partition coefficient (Wildman–Crippen LogP) is 11.5. The number of benzene rings is 7. The van der Waals surface area contributed by atoms with E-state index in [1.54, 1.807) is 0 Å². The highest BCUT2D eigenvalue weighted by molar-refractivity contribution is 6.33. The lowest BCUT2D eigenvalue weighted by molar-refractivity contribution is 1.38. The van der Waals surface area contributed by atoms with Gasteiger partial charge in [-0.1, -0.05) is 108 Å². The molecule has 0 saturated carbocycles. The third kappa shape index (κ3) is 3.59. The standard InChI is InChI=1S/C40H34/c1-23-15-17-30-21-27(5)35-38(32(30)19-23)37(29-13-8-7-9-14-29)39-33-20-24(2)16-18-31(33)22-28(6)36(39)40(35)34-25(3)11-10-12-26(34)4/h7-22H,1-6H3. The second-order valence-corrected chi connectivity index (χ2v) is 11.7. The number of fused-ring (bicyclic) bond motifs is 6. The Labute approximate surface area is 236 Å². The van der Waals surface area contributed by atoms with Crippen molar-refractivity contribution in [2.75, 3.05) is 0 Å². The van der Waals surface area contributed by atoms with Gasteiger partial charge in [0.1, 0.15) is 0 Å². The molecule has 0 unspecified atom stereocenters. The monoisotopic (exact) mass is 514 g/mol. The molecule has 0 spiro atoms. The van der Waals surface area contributed by atoms with Crippen LogP contribution in [0.15, 0.2) is 97.1 Å². The molecular formula is C40H34. The average molecular weight is 515 g/mol. The lowest BCUT2D eigenvalue weighted by Gasteiger charge is -2.25. The van der Waals surface area contributed by atoms with E-state index < -0.39 is 0 Å². The minimum atomic E-state index is 1.27. The molecule has 0 atom stereocenters. The van der Waals surface area contributed by atoms with Crippen LogP contribution in [0.5, 0.6) is 0 Å². The quantitative estimate of drug-likeness (QED) is 0.159. The van der Waals surface area contributed by atoms with Crippen molar-refractivity contribution in [1.82, 2.24) is 0 Å². The fraction of sp³-hybridized carbons (Fsp3) is 0.150. The number of hydrogen-bond donors (Lipinski definition) is 0. The zero-order valence-corrected chi connectivity index (χ0v) is 24.2. The van der Waals surface area contributed by atoms with Crippen LogP contribution in [0.2, 0.25) is 0 Å². The normalized spacial score (nSPS) is 11.8. The second-order valence-electron chi connectivity index (χ2n) is 11.7. The maximum Gasteiger partial charge on any atom is -0.00111 e. The highest BCUT2D eigenvalue weighted by Gasteiger charge is 2.24. The molecule has 0 heteroatoms. The van der Waals surface area contributed by atoms with Gasteiger partial charge in [0.15, 0.2) is 0 Å². The molecule has 0 aliphatic heterocycles. The SMILES string of the molecule is Cc1ccc2cc(C)c3c(-c4c(C)cccc4C)c4c(C)cc5ccc(C)cc5c4c(-c4ccccc4)c3c2c1. The molecule has 0 heterocycles. The van der Waals surface area contributed by atoms with Crippen LogP contribution >= 0.6 is 0 Å². The molecule has 0 saturated heterocycles. The Morgan fingerprint density at radius 3 is 1.35 bits per heavy atom. The second kappa shape index (κ2) is 9.07. The summed E-state index contributed by atoms with van der Waals surface area (Å²) in [5, 5.41) is 10.7. The third-order valence-corrected chi connectivity index (χ3v) is 8.78. The summed E-state index contributed by atoms with van der Waals surface area (Å²) in [6.07, 6.45) is 0. The van der Waals surface area contributed by atoms with E-state index in [0.29, 0.717) is 0 Å². The van der Waals surface area contributed by atoms with Gasteiger partial charge >= 0.3 is 0 Å². The van der Waals surface area contributed by atoms with Crippen LogP contribution in [-0.4, -0.2) is 0 Å². The van der Waals surface area contributed by atoms with Crippen LogP contribution in [-0.2, 0) is 0 Å². The summed E-state index contributed by atoms with van der Waals surface area (Å²) >= 11 is 0. The Morgan fingerprint density at radius 2 is 0.850 bits per heavy atom. The molecule has 0 aliphatic rings. The largest absolute Gasteiger partial charge is 0.0622 e. The summed E-state index contributed by atoms with van der Waals surface area (Å²) in [4.78, 5) is 0. The van der Waals surface area contributed by atoms with E-state index in [-0.39, 0.29) is 0 Å². The average Bonchev–Trinajstić information content (AvgIpc) is 2.93. The van der Waals surface area contributed by atoms with Crippen LogP contribution in [0.4, 0.5) is 0 Å². The molecule has 0 aromatic heterocycles. The van der Waals surface area contributed by atoms with Crippen LogP contribution in [0.1, 0.15) is 33.4 Å². The first kappa shape index (κ1) is 24.6. The van der Waals surface area contributed by atoms with Gasteiger partial charge in [-0.15, -0.1) is 0 Å². The first-order valence-electron chi connectivity index (χ1n) is 14.3. The van der Waals surface area contributed by atoms with Gasteiger partial charge in [0.05, 0.1) is 0 Å². The Kier molecular flexibility index (Phi) is 5.58. The molecule has 7 aromatic rings. The first-order chi connectivity index (χ1) is 19.3. The molecule has 7 aromatic carbocycles. The number of hydrogen-bond acceptors (Lipinski definition) is 0. The van der Waals surface area contributed by atoms with Crippen LogP contribution in [0.25, 0.3) is 65.3 Å². The summed E-state index contributed by atoms with van der Waals surface area (Å²) in [6.45, 7) is 13.6. The summed E-state index contributed by atoms with van der Waals surface area (Å²) in [5.41, 5.74) is 13.2. The minimum Gasteiger partial charge on any atom is -0.0622 e. The molecule has 0 radical (unpaired) electrons. The van der Waals surface area contributed by atoms with E-state index >= 15 is 0 Å². The molecule has 0 nitrogen and oxygen atoms in total. The van der Waals surface area contributed by atoms with Gasteiger partial charge < -0.3 is 0 Å². The van der Waals surface area contributed by atoms with E-state index in [1.165, 1.54) is 98.7 Å². The Morgan fingerprint density at radius 1 is 0.350 bits per heavy atom. The fourth-order valence-corrected chi connectivity index (χ4v) is 7.07. The van der Waals surface area contributed by atoms with Crippen molar-refractivity contribution in [3.05, 3.63) is 130 Å². The molecule has 40 heavy (non-hydrogen) atoms. The zero-order valence-electron chi connectivity index (χ0n) is 24.2. The summed E-state index contributed by atoms with van der Waals surface area (Å²) in [7, 11) is 0. The first-order valence-corrected chi connectivity index (χ1v) is 14.3. The topological polar surface area (TPSA) is 0 Å². The molecular weight excluding hydrogens is 480 g/mol. The third-order valence-electron chi connectivity index (χ3n) is 8.78. The van der Waals surface area contributed by atoms with Crippen molar-refractivity contribution < 1.29 is 0 Å². The predicted molar refractivity (Wildman–Crippen MR) is 176 cm³/mol. The van der Waals surface area contributed by atoms with Crippen molar-refractivity contribution in [3.8, 4) is 22.3 Å². The van der Waals surface area contributed by atoms with Gasteiger partial charge in [-0.3, -0.25) is 0 Å². The van der Waals surface area contributed by atoms with Gasteiger partial charge in [0, 0.05) is 0 Å². The van der Waals surface area contributed by atoms with Crippen LogP contribution in [0.3, 0.4) is 0 Å². The van der Waals surface area contributed by atoms with Gasteiger partial charge in [0.2, 0.25) is 0 Å². The van der Waals surface area contributed by atoms with E-state index in [9.17, 15) is 0 Å². The molecule has 7 rings (SSSR count). The van der Waals surface area contributed by atoms with Crippen LogP contribution < -0.4 is 0 Å². The highest BCUT2D eigenvalue weighted by Crippen LogP contribution is 2.51. The van der Waals surface area contributed by atoms with E-state index in [0.717, 1.165) is 0 Å². The maximum absolute atomic E-state index is 2.40. The lowest BCUT2D eigenvalue weighted by atomic mass is 9.78. The number of rotatable bonds is 2. The van der Waals surface area contributed by atoms with Crippen molar-refractivity contribution in [3.63, 3.8) is 0 Å².